The molecule has 0 aliphatic rings. The van der Waals surface area contributed by atoms with E-state index in [2.05, 4.69) is 21.6 Å². The van der Waals surface area contributed by atoms with Gasteiger partial charge in [-0.2, -0.15) is 5.10 Å². The van der Waals surface area contributed by atoms with E-state index in [9.17, 15) is 0 Å². The van der Waals surface area contributed by atoms with Gasteiger partial charge >= 0.3 is 0 Å². The molecule has 0 atom stereocenters. The summed E-state index contributed by atoms with van der Waals surface area (Å²) in [7, 11) is 1.94. The topological polar surface area (TPSA) is 35.6 Å². The van der Waals surface area contributed by atoms with Crippen molar-refractivity contribution >= 4 is 34.2 Å². The summed E-state index contributed by atoms with van der Waals surface area (Å²) in [5, 5.41) is 5.19. The molecule has 4 nitrogen and oxygen atoms in total. The van der Waals surface area contributed by atoms with Crippen molar-refractivity contribution in [2.24, 2.45) is 7.05 Å². The van der Waals surface area contributed by atoms with Crippen LogP contribution < -0.4 is 0 Å². The summed E-state index contributed by atoms with van der Waals surface area (Å²) >= 11 is 12.2. The molecule has 0 aliphatic heterocycles. The maximum Gasteiger partial charge on any atom is 0.125 e. The fraction of sp³-hybridized carbons (Fsp3) is 0.333. The summed E-state index contributed by atoms with van der Waals surface area (Å²) in [6, 6.07) is 5.71. The molecule has 3 rings (SSSR count). The van der Waals surface area contributed by atoms with E-state index in [1.165, 1.54) is 5.56 Å². The zero-order valence-electron chi connectivity index (χ0n) is 12.0. The lowest BCUT2D eigenvalue weighted by Crippen LogP contribution is -2.05. The molecule has 0 N–H and O–H groups in total. The van der Waals surface area contributed by atoms with Crippen LogP contribution >= 0.6 is 23.2 Å². The van der Waals surface area contributed by atoms with Crippen LogP contribution in [0.2, 0.25) is 5.02 Å². The van der Waals surface area contributed by atoms with Crippen molar-refractivity contribution in [1.82, 2.24) is 19.3 Å². The van der Waals surface area contributed by atoms with Crippen LogP contribution in [0.25, 0.3) is 11.0 Å². The number of hydrogen-bond donors (Lipinski definition) is 0. The molecule has 6 heteroatoms. The van der Waals surface area contributed by atoms with Crippen LogP contribution in [0.15, 0.2) is 24.4 Å². The van der Waals surface area contributed by atoms with Gasteiger partial charge in [0, 0.05) is 23.8 Å². The van der Waals surface area contributed by atoms with Gasteiger partial charge in [0.2, 0.25) is 0 Å². The van der Waals surface area contributed by atoms with E-state index in [0.29, 0.717) is 17.4 Å². The van der Waals surface area contributed by atoms with Crippen molar-refractivity contribution < 1.29 is 0 Å². The van der Waals surface area contributed by atoms with Gasteiger partial charge in [-0.3, -0.25) is 4.68 Å². The first-order valence-electron chi connectivity index (χ1n) is 6.84. The van der Waals surface area contributed by atoms with Gasteiger partial charge in [-0.1, -0.05) is 18.5 Å². The summed E-state index contributed by atoms with van der Waals surface area (Å²) in [4.78, 5) is 4.58. The number of nitrogens with zero attached hydrogens (tertiary/aromatic N) is 4. The number of benzene rings is 1. The monoisotopic (exact) mass is 322 g/mol. The van der Waals surface area contributed by atoms with Gasteiger partial charge in [-0.05, 0) is 24.6 Å². The van der Waals surface area contributed by atoms with E-state index >= 15 is 0 Å². The third-order valence-electron chi connectivity index (χ3n) is 3.56. The molecule has 0 amide bonds. The van der Waals surface area contributed by atoms with E-state index in [0.717, 1.165) is 29.0 Å². The zero-order valence-corrected chi connectivity index (χ0v) is 13.5. The normalized spacial score (nSPS) is 11.4. The van der Waals surface area contributed by atoms with Gasteiger partial charge < -0.3 is 4.57 Å². The number of aryl methyl sites for hydroxylation is 2. The molecule has 0 spiro atoms. The maximum atomic E-state index is 6.12. The van der Waals surface area contributed by atoms with Crippen molar-refractivity contribution in [1.29, 1.82) is 0 Å². The Balaban J connectivity index is 2.12. The van der Waals surface area contributed by atoms with Crippen molar-refractivity contribution in [3.63, 3.8) is 0 Å². The fourth-order valence-electron chi connectivity index (χ4n) is 2.61. The van der Waals surface area contributed by atoms with Crippen molar-refractivity contribution in [3.8, 4) is 0 Å². The second-order valence-corrected chi connectivity index (χ2v) is 5.71. The molecule has 0 radical (unpaired) electrons. The zero-order chi connectivity index (χ0) is 15.0. The molecule has 2 heterocycles. The van der Waals surface area contributed by atoms with Crippen molar-refractivity contribution in [3.05, 3.63) is 46.5 Å². The first-order chi connectivity index (χ1) is 10.1. The van der Waals surface area contributed by atoms with Gasteiger partial charge in [0.1, 0.15) is 5.82 Å². The summed E-state index contributed by atoms with van der Waals surface area (Å²) in [6.07, 6.45) is 2.95. The van der Waals surface area contributed by atoms with E-state index in [4.69, 9.17) is 23.2 Å². The molecule has 21 heavy (non-hydrogen) atoms. The van der Waals surface area contributed by atoms with Crippen LogP contribution in [-0.2, 0) is 25.9 Å². The van der Waals surface area contributed by atoms with Crippen LogP contribution in [-0.4, -0.2) is 19.3 Å². The Bertz CT molecular complexity index is 788. The van der Waals surface area contributed by atoms with Gasteiger partial charge in [0.25, 0.3) is 0 Å². The van der Waals surface area contributed by atoms with Crippen LogP contribution in [0.4, 0.5) is 0 Å². The number of aromatic nitrogens is 4. The average Bonchev–Trinajstić information content (AvgIpc) is 3.00. The number of hydrogen-bond acceptors (Lipinski definition) is 2. The number of rotatable bonds is 4. The molecule has 3 aromatic rings. The number of fused-ring (bicyclic) bond motifs is 1. The third-order valence-corrected chi connectivity index (χ3v) is 4.04. The molecule has 1 aromatic carbocycles. The molecular weight excluding hydrogens is 307 g/mol. The van der Waals surface area contributed by atoms with Gasteiger partial charge in [0.05, 0.1) is 29.2 Å². The van der Waals surface area contributed by atoms with Crippen LogP contribution in [0, 0.1) is 0 Å². The van der Waals surface area contributed by atoms with Crippen LogP contribution in [0.5, 0.6) is 0 Å². The highest BCUT2D eigenvalue weighted by Crippen LogP contribution is 2.23. The molecule has 110 valence electrons. The molecule has 0 fully saturated rings. The lowest BCUT2D eigenvalue weighted by atomic mass is 10.2. The third kappa shape index (κ3) is 2.65. The highest BCUT2D eigenvalue weighted by molar-refractivity contribution is 6.31. The summed E-state index contributed by atoms with van der Waals surface area (Å²) < 4.78 is 3.96. The van der Waals surface area contributed by atoms with Crippen molar-refractivity contribution in [2.75, 3.05) is 0 Å². The first-order valence-corrected chi connectivity index (χ1v) is 7.75. The molecular formula is C15H16Cl2N4. The Morgan fingerprint density at radius 2 is 2.10 bits per heavy atom. The maximum absolute atomic E-state index is 6.12. The summed E-state index contributed by atoms with van der Waals surface area (Å²) in [5.41, 5.74) is 4.20. The molecule has 0 aliphatic carbocycles. The van der Waals surface area contributed by atoms with Crippen LogP contribution in [0.3, 0.4) is 0 Å². The Morgan fingerprint density at radius 1 is 1.29 bits per heavy atom. The number of alkyl halides is 1. The molecule has 0 saturated carbocycles. The highest BCUT2D eigenvalue weighted by atomic mass is 35.5. The minimum atomic E-state index is 0.369. The molecule has 0 saturated heterocycles. The van der Waals surface area contributed by atoms with E-state index < -0.39 is 0 Å². The number of imidazole rings is 1. The summed E-state index contributed by atoms with van der Waals surface area (Å²) in [6.45, 7) is 2.81. The Morgan fingerprint density at radius 3 is 2.81 bits per heavy atom. The quantitative estimate of drug-likeness (QED) is 0.685. The standard InChI is InChI=1S/C15H16Cl2N4/c1-3-12-10(8-20(2)19-12)9-21-14-6-11(17)4-5-13(14)18-15(21)7-16/h4-6,8H,3,7,9H2,1-2H3. The molecule has 2 aromatic heterocycles. The SMILES string of the molecule is CCc1nn(C)cc1Cn1c(CCl)nc2ccc(Cl)cc21. The first kappa shape index (κ1) is 14.4. The van der Waals surface area contributed by atoms with Gasteiger partial charge in [0.15, 0.2) is 0 Å². The fourth-order valence-corrected chi connectivity index (χ4v) is 2.98. The second-order valence-electron chi connectivity index (χ2n) is 5.01. The minimum Gasteiger partial charge on any atom is -0.322 e. The highest BCUT2D eigenvalue weighted by Gasteiger charge is 2.14. The Hall–Kier alpha value is -1.52. The Kier molecular flexibility index (Phi) is 3.91. The number of halogens is 2. The van der Waals surface area contributed by atoms with Gasteiger partial charge in [-0.15, -0.1) is 11.6 Å². The largest absolute Gasteiger partial charge is 0.322 e. The molecule has 0 unspecified atom stereocenters. The summed E-state index contributed by atoms with van der Waals surface area (Å²) in [5.74, 6) is 1.22. The van der Waals surface area contributed by atoms with E-state index in [-0.39, 0.29) is 0 Å². The lowest BCUT2D eigenvalue weighted by Gasteiger charge is -2.07. The predicted octanol–water partition coefficient (Wildman–Crippen LogP) is 3.77. The smallest absolute Gasteiger partial charge is 0.125 e. The van der Waals surface area contributed by atoms with E-state index in [1.807, 2.05) is 36.1 Å². The van der Waals surface area contributed by atoms with E-state index in [1.54, 1.807) is 0 Å². The lowest BCUT2D eigenvalue weighted by molar-refractivity contribution is 0.746. The van der Waals surface area contributed by atoms with Crippen LogP contribution in [0.1, 0.15) is 24.0 Å². The average molecular weight is 323 g/mol. The molecule has 0 bridgehead atoms. The van der Waals surface area contributed by atoms with Gasteiger partial charge in [-0.25, -0.2) is 4.98 Å². The second kappa shape index (κ2) is 5.70. The predicted molar refractivity (Wildman–Crippen MR) is 86.0 cm³/mol. The Labute approximate surface area is 133 Å². The minimum absolute atomic E-state index is 0.369. The van der Waals surface area contributed by atoms with Crippen molar-refractivity contribution in [2.45, 2.75) is 25.8 Å².